The second kappa shape index (κ2) is 12.3. The quantitative estimate of drug-likeness (QED) is 0.607. The third-order valence-corrected chi connectivity index (χ3v) is 7.87. The highest BCUT2D eigenvalue weighted by Gasteiger charge is 2.30. The summed E-state index contributed by atoms with van der Waals surface area (Å²) >= 11 is 0. The number of piperidine rings is 2. The summed E-state index contributed by atoms with van der Waals surface area (Å²) in [6, 6.07) is 13.0. The van der Waals surface area contributed by atoms with Crippen LogP contribution in [0.5, 0.6) is 0 Å². The van der Waals surface area contributed by atoms with Crippen molar-refractivity contribution in [2.75, 3.05) is 49.5 Å². The molecular weight excluding hydrogens is 448 g/mol. The van der Waals surface area contributed by atoms with Gasteiger partial charge in [0.2, 0.25) is 11.9 Å². The number of carbonyl (C=O) groups excluding carboxylic acids is 1. The van der Waals surface area contributed by atoms with Crippen LogP contribution in [-0.2, 0) is 4.79 Å². The van der Waals surface area contributed by atoms with E-state index < -0.39 is 0 Å². The van der Waals surface area contributed by atoms with Crippen LogP contribution in [0.2, 0.25) is 0 Å². The lowest BCUT2D eigenvalue weighted by Crippen LogP contribution is -2.51. The Hall–Kier alpha value is -2.93. The number of aromatic nitrogens is 2. The van der Waals surface area contributed by atoms with Gasteiger partial charge in [-0.25, -0.2) is 4.98 Å². The second-order valence-electron chi connectivity index (χ2n) is 10.4. The summed E-state index contributed by atoms with van der Waals surface area (Å²) in [6.07, 6.45) is 15.1. The van der Waals surface area contributed by atoms with Gasteiger partial charge in [0.1, 0.15) is 5.82 Å². The van der Waals surface area contributed by atoms with Gasteiger partial charge in [0.15, 0.2) is 0 Å². The predicted molar refractivity (Wildman–Crippen MR) is 146 cm³/mol. The van der Waals surface area contributed by atoms with E-state index >= 15 is 0 Å². The van der Waals surface area contributed by atoms with Gasteiger partial charge in [-0.2, -0.15) is 4.98 Å². The summed E-state index contributed by atoms with van der Waals surface area (Å²) in [7, 11) is 0. The summed E-state index contributed by atoms with van der Waals surface area (Å²) in [6.45, 7) is 6.01. The third-order valence-electron chi connectivity index (χ3n) is 7.87. The normalized spacial score (nSPS) is 22.5. The van der Waals surface area contributed by atoms with E-state index in [1.54, 1.807) is 6.08 Å². The van der Waals surface area contributed by atoms with Crippen molar-refractivity contribution in [1.82, 2.24) is 19.8 Å². The molecule has 0 bridgehead atoms. The lowest BCUT2D eigenvalue weighted by Gasteiger charge is -2.42. The van der Waals surface area contributed by atoms with Crippen molar-refractivity contribution in [3.05, 3.63) is 54.2 Å². The van der Waals surface area contributed by atoms with Gasteiger partial charge in [0, 0.05) is 57.1 Å². The summed E-state index contributed by atoms with van der Waals surface area (Å²) in [5, 5.41) is 3.64. The molecule has 2 aromatic rings. The van der Waals surface area contributed by atoms with E-state index in [0.29, 0.717) is 12.1 Å². The van der Waals surface area contributed by atoms with Crippen molar-refractivity contribution in [3.63, 3.8) is 0 Å². The second-order valence-corrected chi connectivity index (χ2v) is 10.4. The first-order valence-electron chi connectivity index (χ1n) is 13.9. The maximum absolute atomic E-state index is 12.7. The molecule has 1 aromatic heterocycles. The third kappa shape index (κ3) is 6.64. The molecule has 0 saturated carbocycles. The number of carbonyl (C=O) groups is 1. The highest BCUT2D eigenvalue weighted by atomic mass is 16.2. The minimum atomic E-state index is 0.122. The number of likely N-dealkylation sites (tertiary alicyclic amines) is 2. The number of amides is 1. The topological polar surface area (TPSA) is 64.6 Å². The molecule has 1 unspecified atom stereocenters. The Labute approximate surface area is 215 Å². The maximum Gasteiger partial charge on any atom is 0.246 e. The van der Waals surface area contributed by atoms with Crippen molar-refractivity contribution in [2.24, 2.45) is 0 Å². The summed E-state index contributed by atoms with van der Waals surface area (Å²) in [5.74, 6) is 1.94. The molecule has 36 heavy (non-hydrogen) atoms. The first-order chi connectivity index (χ1) is 17.7. The van der Waals surface area contributed by atoms with Crippen LogP contribution >= 0.6 is 0 Å². The van der Waals surface area contributed by atoms with Crippen molar-refractivity contribution < 1.29 is 4.79 Å². The number of hydrogen-bond acceptors (Lipinski definition) is 6. The summed E-state index contributed by atoms with van der Waals surface area (Å²) < 4.78 is 0. The number of nitrogens with zero attached hydrogens (tertiary/aromatic N) is 5. The van der Waals surface area contributed by atoms with Crippen LogP contribution in [-0.4, -0.2) is 77.0 Å². The van der Waals surface area contributed by atoms with Crippen molar-refractivity contribution in [2.45, 2.75) is 63.5 Å². The van der Waals surface area contributed by atoms with Crippen LogP contribution in [0.25, 0.3) is 6.08 Å². The Morgan fingerprint density at radius 1 is 0.889 bits per heavy atom. The lowest BCUT2D eigenvalue weighted by molar-refractivity contribution is -0.127. The molecule has 0 aliphatic carbocycles. The minimum absolute atomic E-state index is 0.122. The zero-order valence-electron chi connectivity index (χ0n) is 21.4. The van der Waals surface area contributed by atoms with Crippen LogP contribution in [0.3, 0.4) is 0 Å². The Morgan fingerprint density at radius 3 is 2.44 bits per heavy atom. The Kier molecular flexibility index (Phi) is 8.49. The Balaban J connectivity index is 1.11. The van der Waals surface area contributed by atoms with Gasteiger partial charge in [0.05, 0.1) is 0 Å². The molecule has 3 saturated heterocycles. The van der Waals surface area contributed by atoms with Crippen molar-refractivity contribution >= 4 is 23.7 Å². The number of hydrogen-bond donors (Lipinski definition) is 1. The molecule has 1 N–H and O–H groups in total. The number of nitrogens with one attached hydrogen (secondary N) is 1. The van der Waals surface area contributed by atoms with Crippen molar-refractivity contribution in [1.29, 1.82) is 0 Å². The molecule has 5 rings (SSSR count). The van der Waals surface area contributed by atoms with Gasteiger partial charge in [-0.05, 0) is 62.8 Å². The van der Waals surface area contributed by atoms with Gasteiger partial charge in [-0.3, -0.25) is 9.69 Å². The van der Waals surface area contributed by atoms with E-state index in [2.05, 4.69) is 20.1 Å². The van der Waals surface area contributed by atoms with E-state index in [9.17, 15) is 4.79 Å². The van der Waals surface area contributed by atoms with Crippen LogP contribution in [0, 0.1) is 0 Å². The Morgan fingerprint density at radius 2 is 1.67 bits per heavy atom. The van der Waals surface area contributed by atoms with E-state index in [1.807, 2.05) is 53.6 Å². The Bertz CT molecular complexity index is 996. The monoisotopic (exact) mass is 488 g/mol. The first-order valence-corrected chi connectivity index (χ1v) is 13.9. The predicted octanol–water partition coefficient (Wildman–Crippen LogP) is 4.44. The van der Waals surface area contributed by atoms with Crippen LogP contribution in [0.15, 0.2) is 48.7 Å². The molecule has 7 heteroatoms. The van der Waals surface area contributed by atoms with E-state index in [0.717, 1.165) is 75.9 Å². The summed E-state index contributed by atoms with van der Waals surface area (Å²) in [4.78, 5) is 29.1. The summed E-state index contributed by atoms with van der Waals surface area (Å²) in [5.41, 5.74) is 1.06. The fraction of sp³-hybridized carbons (Fsp3) is 0.552. The molecule has 7 nitrogen and oxygen atoms in total. The molecule has 0 spiro atoms. The smallest absolute Gasteiger partial charge is 0.246 e. The molecule has 3 fully saturated rings. The van der Waals surface area contributed by atoms with Crippen molar-refractivity contribution in [3.8, 4) is 0 Å². The average Bonchev–Trinajstić information content (AvgIpc) is 3.23. The van der Waals surface area contributed by atoms with Crippen LogP contribution < -0.4 is 10.2 Å². The average molecular weight is 489 g/mol. The molecule has 3 aliphatic rings. The molecule has 1 aromatic carbocycles. The number of rotatable bonds is 6. The molecule has 1 atom stereocenters. The number of anilines is 2. The van der Waals surface area contributed by atoms with E-state index in [4.69, 9.17) is 4.98 Å². The minimum Gasteiger partial charge on any atom is -0.356 e. The largest absolute Gasteiger partial charge is 0.356 e. The highest BCUT2D eigenvalue weighted by molar-refractivity contribution is 5.91. The number of benzene rings is 1. The van der Waals surface area contributed by atoms with Crippen LogP contribution in [0.1, 0.15) is 56.9 Å². The van der Waals surface area contributed by atoms with Gasteiger partial charge in [-0.15, -0.1) is 0 Å². The zero-order valence-corrected chi connectivity index (χ0v) is 21.4. The molecule has 4 heterocycles. The molecule has 1 amide bonds. The first kappa shape index (κ1) is 24.8. The molecular formula is C29H40N6O. The lowest BCUT2D eigenvalue weighted by atomic mass is 9.98. The fourth-order valence-electron chi connectivity index (χ4n) is 5.82. The SMILES string of the molecule is O=C(/C=C/c1ccccc1)N1CCC(N2CCCC(Nc3nccc(N4CCCCCC4)n3)C2)CC1. The maximum atomic E-state index is 12.7. The van der Waals surface area contributed by atoms with Gasteiger partial charge >= 0.3 is 0 Å². The van der Waals surface area contributed by atoms with Gasteiger partial charge in [-0.1, -0.05) is 43.2 Å². The van der Waals surface area contributed by atoms with Gasteiger partial charge < -0.3 is 15.1 Å². The fourth-order valence-corrected chi connectivity index (χ4v) is 5.82. The van der Waals surface area contributed by atoms with Crippen LogP contribution in [0.4, 0.5) is 11.8 Å². The van der Waals surface area contributed by atoms with E-state index in [-0.39, 0.29) is 5.91 Å². The van der Waals surface area contributed by atoms with Gasteiger partial charge in [0.25, 0.3) is 0 Å². The van der Waals surface area contributed by atoms with E-state index in [1.165, 1.54) is 32.1 Å². The molecule has 3 aliphatic heterocycles. The molecule has 192 valence electrons. The standard InChI is InChI=1S/C29H40N6O/c36-28(13-12-24-9-4-3-5-10-24)34-21-15-26(16-22-34)35-20-8-11-25(23-35)31-29-30-17-14-27(32-29)33-18-6-1-2-7-19-33/h3-5,9-10,12-14,17,25-26H,1-2,6-8,11,15-16,18-23H2,(H,30,31,32)/b13-12+. The highest BCUT2D eigenvalue weighted by Crippen LogP contribution is 2.24. The molecule has 0 radical (unpaired) electrons. The zero-order chi connectivity index (χ0) is 24.6.